The highest BCUT2D eigenvalue weighted by Gasteiger charge is 2.15. The molecule has 0 aliphatic rings. The molecule has 0 aliphatic heterocycles. The van der Waals surface area contributed by atoms with E-state index in [2.05, 4.69) is 20.3 Å². The molecule has 2 aromatic carbocycles. The van der Waals surface area contributed by atoms with Gasteiger partial charge in [0.1, 0.15) is 11.5 Å². The average molecular weight is 454 g/mol. The number of H-pyrrole nitrogens is 1. The zero-order valence-corrected chi connectivity index (χ0v) is 17.6. The third kappa shape index (κ3) is 3.73. The van der Waals surface area contributed by atoms with Crippen molar-refractivity contribution in [3.8, 4) is 11.1 Å². The lowest BCUT2D eigenvalue weighted by Crippen LogP contribution is -2.13. The number of aryl methyl sites for hydroxylation is 1. The van der Waals surface area contributed by atoms with Gasteiger partial charge in [-0.3, -0.25) is 10.1 Å². The minimum atomic E-state index is -0.423. The Morgan fingerprint density at radius 2 is 1.90 bits per heavy atom. The predicted molar refractivity (Wildman–Crippen MR) is 119 cm³/mol. The van der Waals surface area contributed by atoms with E-state index in [1.807, 2.05) is 19.2 Å². The van der Waals surface area contributed by atoms with Crippen molar-refractivity contribution >= 4 is 51.7 Å². The molecule has 5 rings (SSSR count). The first kappa shape index (κ1) is 19.5. The minimum Gasteiger partial charge on any atom is -0.324 e. The van der Waals surface area contributed by atoms with E-state index in [0.717, 1.165) is 16.6 Å². The number of amides is 1. The molecule has 0 bridgehead atoms. The second-order valence-corrected chi connectivity index (χ2v) is 8.00. The largest absolute Gasteiger partial charge is 0.324 e. The fourth-order valence-electron chi connectivity index (χ4n) is 3.44. The smallest absolute Gasteiger partial charge is 0.278 e. The number of halogens is 3. The van der Waals surface area contributed by atoms with Gasteiger partial charge in [0.25, 0.3) is 5.91 Å². The monoisotopic (exact) mass is 453 g/mol. The van der Waals surface area contributed by atoms with Gasteiger partial charge >= 0.3 is 0 Å². The molecule has 0 fully saturated rings. The Morgan fingerprint density at radius 1 is 1.06 bits per heavy atom. The quantitative estimate of drug-likeness (QED) is 0.357. The van der Waals surface area contributed by atoms with Crippen LogP contribution in [0.3, 0.4) is 0 Å². The number of rotatable bonds is 3. The van der Waals surface area contributed by atoms with Crippen LogP contribution in [0.2, 0.25) is 10.0 Å². The Hall–Kier alpha value is -3.42. The summed E-state index contributed by atoms with van der Waals surface area (Å²) in [7, 11) is 0. The highest BCUT2D eigenvalue weighted by Crippen LogP contribution is 2.27. The fraction of sp³-hybridized carbons (Fsp3) is 0.0455. The number of anilines is 1. The van der Waals surface area contributed by atoms with E-state index < -0.39 is 11.7 Å². The molecule has 154 valence electrons. The summed E-state index contributed by atoms with van der Waals surface area (Å²) in [6.45, 7) is 1.91. The van der Waals surface area contributed by atoms with E-state index in [0.29, 0.717) is 26.8 Å². The number of nitrogens with zero attached hydrogens (tertiary/aromatic N) is 3. The maximum atomic E-state index is 13.7. The van der Waals surface area contributed by atoms with E-state index >= 15 is 0 Å². The van der Waals surface area contributed by atoms with Crippen LogP contribution in [0, 0.1) is 12.7 Å². The van der Waals surface area contributed by atoms with E-state index in [1.165, 1.54) is 12.1 Å². The van der Waals surface area contributed by atoms with Crippen molar-refractivity contribution in [2.75, 3.05) is 5.32 Å². The maximum absolute atomic E-state index is 13.7. The van der Waals surface area contributed by atoms with Crippen molar-refractivity contribution in [2.45, 2.75) is 6.92 Å². The van der Waals surface area contributed by atoms with Gasteiger partial charge in [0.15, 0.2) is 5.65 Å². The number of aromatic amines is 1. The standard InChI is InChI=1S/C22H14Cl2FN5O/c1-11-4-16(24)20-26-19(10-30(20)9-11)21(31)29-22-27-17-3-2-12(7-18(17)28-22)13-5-14(23)8-15(25)6-13/h2-10H,1H3,(H2,27,28,29,31). The second-order valence-electron chi connectivity index (χ2n) is 7.15. The molecule has 3 aromatic heterocycles. The Morgan fingerprint density at radius 3 is 2.71 bits per heavy atom. The highest BCUT2D eigenvalue weighted by molar-refractivity contribution is 6.33. The van der Waals surface area contributed by atoms with Crippen molar-refractivity contribution in [3.05, 3.63) is 82.0 Å². The third-order valence-electron chi connectivity index (χ3n) is 4.79. The van der Waals surface area contributed by atoms with Crippen LogP contribution in [-0.2, 0) is 0 Å². The number of hydrogen-bond donors (Lipinski definition) is 2. The summed E-state index contributed by atoms with van der Waals surface area (Å²) in [4.78, 5) is 24.4. The summed E-state index contributed by atoms with van der Waals surface area (Å²) < 4.78 is 15.4. The van der Waals surface area contributed by atoms with Gasteiger partial charge in [-0.25, -0.2) is 14.4 Å². The van der Waals surface area contributed by atoms with Crippen molar-refractivity contribution in [3.63, 3.8) is 0 Å². The number of benzene rings is 2. The van der Waals surface area contributed by atoms with Crippen LogP contribution < -0.4 is 5.32 Å². The maximum Gasteiger partial charge on any atom is 0.278 e. The third-order valence-corrected chi connectivity index (χ3v) is 5.28. The van der Waals surface area contributed by atoms with E-state index in [1.54, 1.807) is 34.9 Å². The van der Waals surface area contributed by atoms with Crippen molar-refractivity contribution in [1.29, 1.82) is 0 Å². The first-order chi connectivity index (χ1) is 14.9. The molecule has 1 amide bonds. The summed E-state index contributed by atoms with van der Waals surface area (Å²) in [6, 6.07) is 11.5. The van der Waals surface area contributed by atoms with Crippen LogP contribution in [0.15, 0.2) is 54.9 Å². The lowest BCUT2D eigenvalue weighted by atomic mass is 10.1. The highest BCUT2D eigenvalue weighted by atomic mass is 35.5. The topological polar surface area (TPSA) is 75.1 Å². The number of nitrogens with one attached hydrogen (secondary N) is 2. The molecular weight excluding hydrogens is 440 g/mol. The van der Waals surface area contributed by atoms with Crippen molar-refractivity contribution < 1.29 is 9.18 Å². The van der Waals surface area contributed by atoms with Crippen LogP contribution in [0.5, 0.6) is 0 Å². The Kier molecular flexibility index (Phi) is 4.64. The molecule has 0 unspecified atom stereocenters. The van der Waals surface area contributed by atoms with Gasteiger partial charge in [0.05, 0.1) is 16.1 Å². The van der Waals surface area contributed by atoms with Crippen molar-refractivity contribution in [1.82, 2.24) is 19.4 Å². The Labute approximate surface area is 185 Å². The lowest BCUT2D eigenvalue weighted by molar-refractivity contribution is 0.102. The number of fused-ring (bicyclic) bond motifs is 2. The number of pyridine rings is 1. The number of aromatic nitrogens is 4. The molecule has 0 spiro atoms. The van der Waals surface area contributed by atoms with Crippen LogP contribution in [-0.4, -0.2) is 25.3 Å². The number of carbonyl (C=O) groups excluding carboxylic acids is 1. The summed E-state index contributed by atoms with van der Waals surface area (Å²) in [5, 5.41) is 3.49. The lowest BCUT2D eigenvalue weighted by Gasteiger charge is -2.03. The van der Waals surface area contributed by atoms with Gasteiger partial charge in [-0.1, -0.05) is 29.3 Å². The normalized spacial score (nSPS) is 11.4. The summed E-state index contributed by atoms with van der Waals surface area (Å²) in [5.74, 6) is -0.567. The predicted octanol–water partition coefficient (Wildman–Crippen LogP) is 5.88. The first-order valence-electron chi connectivity index (χ1n) is 9.28. The molecule has 5 aromatic rings. The second kappa shape index (κ2) is 7.37. The zero-order chi connectivity index (χ0) is 21.7. The van der Waals surface area contributed by atoms with Crippen LogP contribution in [0.1, 0.15) is 16.1 Å². The SMILES string of the molecule is Cc1cc(Cl)c2nc(C(=O)Nc3nc4cc(-c5cc(F)cc(Cl)c5)ccc4[nH]3)cn2c1. The van der Waals surface area contributed by atoms with Crippen LogP contribution in [0.25, 0.3) is 27.8 Å². The molecule has 6 nitrogen and oxygen atoms in total. The van der Waals surface area contributed by atoms with E-state index in [9.17, 15) is 9.18 Å². The molecule has 0 saturated carbocycles. The molecule has 0 radical (unpaired) electrons. The molecule has 3 heterocycles. The molecule has 0 aliphatic carbocycles. The van der Waals surface area contributed by atoms with Gasteiger partial charge in [0, 0.05) is 17.4 Å². The molecule has 0 saturated heterocycles. The fourth-order valence-corrected chi connectivity index (χ4v) is 3.97. The van der Waals surface area contributed by atoms with Crippen LogP contribution in [0.4, 0.5) is 10.3 Å². The van der Waals surface area contributed by atoms with E-state index in [-0.39, 0.29) is 11.6 Å². The van der Waals surface area contributed by atoms with Gasteiger partial charge in [-0.15, -0.1) is 0 Å². The molecule has 2 N–H and O–H groups in total. The number of carbonyl (C=O) groups is 1. The van der Waals surface area contributed by atoms with E-state index in [4.69, 9.17) is 23.2 Å². The van der Waals surface area contributed by atoms with Crippen molar-refractivity contribution in [2.24, 2.45) is 0 Å². The number of hydrogen-bond acceptors (Lipinski definition) is 3. The van der Waals surface area contributed by atoms with Crippen LogP contribution >= 0.6 is 23.2 Å². The summed E-state index contributed by atoms with van der Waals surface area (Å²) in [6.07, 6.45) is 3.45. The Bertz CT molecular complexity index is 1470. The zero-order valence-electron chi connectivity index (χ0n) is 16.1. The van der Waals surface area contributed by atoms with Gasteiger partial charge in [-0.05, 0) is 60.0 Å². The first-order valence-corrected chi connectivity index (χ1v) is 10.0. The van der Waals surface area contributed by atoms with Gasteiger partial charge < -0.3 is 9.38 Å². The van der Waals surface area contributed by atoms with Gasteiger partial charge in [0.2, 0.25) is 5.95 Å². The molecule has 9 heteroatoms. The minimum absolute atomic E-state index is 0.211. The Balaban J connectivity index is 1.44. The molecular formula is C22H14Cl2FN5O. The summed E-state index contributed by atoms with van der Waals surface area (Å²) in [5.41, 5.74) is 4.39. The summed E-state index contributed by atoms with van der Waals surface area (Å²) >= 11 is 12.2. The number of imidazole rings is 2. The molecule has 0 atom stereocenters. The molecule has 31 heavy (non-hydrogen) atoms. The average Bonchev–Trinajstić information content (AvgIpc) is 3.30. The van der Waals surface area contributed by atoms with Gasteiger partial charge in [-0.2, -0.15) is 0 Å².